The lowest BCUT2D eigenvalue weighted by Gasteiger charge is -2.13. The van der Waals surface area contributed by atoms with Crippen LogP contribution in [0, 0.1) is 0 Å². The first-order chi connectivity index (χ1) is 15.4. The van der Waals surface area contributed by atoms with Crippen molar-refractivity contribution >= 4 is 52.5 Å². The van der Waals surface area contributed by atoms with Crippen LogP contribution in [0.3, 0.4) is 0 Å². The molecule has 3 aromatic carbocycles. The largest absolute Gasteiger partial charge is 0.495 e. The van der Waals surface area contributed by atoms with Gasteiger partial charge in [0.2, 0.25) is 5.91 Å². The summed E-state index contributed by atoms with van der Waals surface area (Å²) < 4.78 is 16.5. The van der Waals surface area contributed by atoms with E-state index < -0.39 is 0 Å². The second-order valence-corrected chi connectivity index (χ2v) is 7.82. The molecule has 0 aliphatic carbocycles. The second-order valence-electron chi connectivity index (χ2n) is 6.57. The summed E-state index contributed by atoms with van der Waals surface area (Å²) in [7, 11) is 3.06. The van der Waals surface area contributed by atoms with Crippen LogP contribution in [0.25, 0.3) is 6.08 Å². The zero-order valence-electron chi connectivity index (χ0n) is 17.3. The number of halogens is 3. The fraction of sp³-hybridized carbons (Fsp3) is 0.125. The minimum atomic E-state index is -0.335. The smallest absolute Gasteiger partial charge is 0.248 e. The highest BCUT2D eigenvalue weighted by Crippen LogP contribution is 2.32. The molecule has 0 saturated carbocycles. The first kappa shape index (κ1) is 23.8. The Bertz CT molecular complexity index is 1130. The maximum absolute atomic E-state index is 12.3. The zero-order chi connectivity index (χ0) is 23.1. The fourth-order valence-electron chi connectivity index (χ4n) is 2.85. The Labute approximate surface area is 201 Å². The molecule has 1 amide bonds. The molecule has 5 nitrogen and oxygen atoms in total. The van der Waals surface area contributed by atoms with Crippen molar-refractivity contribution in [1.29, 1.82) is 0 Å². The average molecular weight is 493 g/mol. The topological polar surface area (TPSA) is 56.8 Å². The molecule has 0 bridgehead atoms. The molecular formula is C24H20Cl3NO4. The maximum atomic E-state index is 12.3. The number of hydrogen-bond donors (Lipinski definition) is 1. The first-order valence-electron chi connectivity index (χ1n) is 9.47. The minimum Gasteiger partial charge on any atom is -0.495 e. The number of carbonyl (C=O) groups excluding carboxylic acids is 1. The molecule has 3 rings (SSSR count). The van der Waals surface area contributed by atoms with Crippen LogP contribution in [0.15, 0.2) is 60.7 Å². The van der Waals surface area contributed by atoms with Crippen molar-refractivity contribution < 1.29 is 19.0 Å². The third kappa shape index (κ3) is 6.10. The van der Waals surface area contributed by atoms with Gasteiger partial charge in [0.1, 0.15) is 12.4 Å². The summed E-state index contributed by atoms with van der Waals surface area (Å²) in [6.07, 6.45) is 3.06. The molecule has 0 saturated heterocycles. The van der Waals surface area contributed by atoms with Gasteiger partial charge in [-0.15, -0.1) is 0 Å². The number of rotatable bonds is 8. The van der Waals surface area contributed by atoms with E-state index in [-0.39, 0.29) is 12.5 Å². The van der Waals surface area contributed by atoms with E-state index in [1.807, 2.05) is 0 Å². The van der Waals surface area contributed by atoms with Gasteiger partial charge in [-0.2, -0.15) is 0 Å². The normalized spacial score (nSPS) is 10.8. The predicted octanol–water partition coefficient (Wildman–Crippen LogP) is 6.89. The Kier molecular flexibility index (Phi) is 8.28. The fourth-order valence-corrected chi connectivity index (χ4v) is 3.53. The van der Waals surface area contributed by atoms with Crippen molar-refractivity contribution in [2.24, 2.45) is 0 Å². The highest BCUT2D eigenvalue weighted by atomic mass is 35.5. The molecule has 1 N–H and O–H groups in total. The van der Waals surface area contributed by atoms with E-state index in [9.17, 15) is 4.79 Å². The van der Waals surface area contributed by atoms with Gasteiger partial charge >= 0.3 is 0 Å². The molecule has 166 valence electrons. The van der Waals surface area contributed by atoms with Crippen molar-refractivity contribution in [3.8, 4) is 17.2 Å². The van der Waals surface area contributed by atoms with Crippen LogP contribution in [0.2, 0.25) is 15.1 Å². The summed E-state index contributed by atoms with van der Waals surface area (Å²) in [5.41, 5.74) is 1.92. The number of methoxy groups -OCH3 is 2. The third-order valence-corrected chi connectivity index (χ3v) is 5.41. The van der Waals surface area contributed by atoms with Crippen molar-refractivity contribution in [3.63, 3.8) is 0 Å². The lowest BCUT2D eigenvalue weighted by Crippen LogP contribution is -2.08. The van der Waals surface area contributed by atoms with Gasteiger partial charge in [0.05, 0.1) is 19.9 Å². The number of nitrogens with one attached hydrogen (secondary N) is 1. The van der Waals surface area contributed by atoms with Crippen molar-refractivity contribution in [2.75, 3.05) is 19.5 Å². The quantitative estimate of drug-likeness (QED) is 0.348. The van der Waals surface area contributed by atoms with E-state index in [0.717, 1.165) is 5.56 Å². The number of ether oxygens (including phenoxy) is 3. The van der Waals surface area contributed by atoms with Crippen LogP contribution >= 0.6 is 34.8 Å². The van der Waals surface area contributed by atoms with Crippen LogP contribution in [-0.2, 0) is 11.4 Å². The molecular weight excluding hydrogens is 473 g/mol. The lowest BCUT2D eigenvalue weighted by molar-refractivity contribution is -0.111. The highest BCUT2D eigenvalue weighted by molar-refractivity contribution is 6.36. The van der Waals surface area contributed by atoms with Crippen LogP contribution in [0.5, 0.6) is 17.2 Å². The SMILES string of the molecule is COc1ccc(Cl)cc1NC(=O)/C=C/c1ccc(OCc2c(Cl)cccc2Cl)c(OC)c1. The molecule has 32 heavy (non-hydrogen) atoms. The molecule has 0 aliphatic heterocycles. The number of anilines is 1. The summed E-state index contributed by atoms with van der Waals surface area (Å²) in [5.74, 6) is 1.21. The molecule has 0 aliphatic rings. The molecule has 3 aromatic rings. The summed E-state index contributed by atoms with van der Waals surface area (Å²) in [4.78, 5) is 12.3. The highest BCUT2D eigenvalue weighted by Gasteiger charge is 2.10. The Morgan fingerprint density at radius 2 is 1.59 bits per heavy atom. The molecule has 0 unspecified atom stereocenters. The van der Waals surface area contributed by atoms with E-state index >= 15 is 0 Å². The Hall–Kier alpha value is -2.86. The van der Waals surface area contributed by atoms with Crippen LogP contribution in [-0.4, -0.2) is 20.1 Å². The van der Waals surface area contributed by atoms with Gasteiger partial charge in [-0.25, -0.2) is 0 Å². The van der Waals surface area contributed by atoms with Crippen LogP contribution < -0.4 is 19.5 Å². The summed E-state index contributed by atoms with van der Waals surface area (Å²) in [6.45, 7) is 0.188. The molecule has 8 heteroatoms. The number of amides is 1. The van der Waals surface area contributed by atoms with Gasteiger partial charge in [0, 0.05) is 26.7 Å². The number of benzene rings is 3. The van der Waals surface area contributed by atoms with Gasteiger partial charge in [-0.3, -0.25) is 4.79 Å². The molecule has 0 radical (unpaired) electrons. The van der Waals surface area contributed by atoms with Gasteiger partial charge < -0.3 is 19.5 Å². The van der Waals surface area contributed by atoms with Crippen LogP contribution in [0.1, 0.15) is 11.1 Å². The van der Waals surface area contributed by atoms with E-state index in [1.54, 1.807) is 60.7 Å². The van der Waals surface area contributed by atoms with Crippen molar-refractivity contribution in [2.45, 2.75) is 6.61 Å². The van der Waals surface area contributed by atoms with Gasteiger partial charge in [0.15, 0.2) is 11.5 Å². The molecule has 0 atom stereocenters. The Balaban J connectivity index is 1.69. The molecule has 0 fully saturated rings. The Morgan fingerprint density at radius 3 is 2.28 bits per heavy atom. The monoisotopic (exact) mass is 491 g/mol. The van der Waals surface area contributed by atoms with Crippen LogP contribution in [0.4, 0.5) is 5.69 Å². The van der Waals surface area contributed by atoms with E-state index in [2.05, 4.69) is 5.32 Å². The molecule has 0 spiro atoms. The minimum absolute atomic E-state index is 0.188. The number of hydrogen-bond acceptors (Lipinski definition) is 4. The van der Waals surface area contributed by atoms with Crippen molar-refractivity contribution in [3.05, 3.63) is 86.9 Å². The van der Waals surface area contributed by atoms with Crippen molar-refractivity contribution in [1.82, 2.24) is 0 Å². The number of carbonyl (C=O) groups is 1. The van der Waals surface area contributed by atoms with E-state index in [0.29, 0.717) is 43.6 Å². The summed E-state index contributed by atoms with van der Waals surface area (Å²) in [6, 6.07) is 15.6. The third-order valence-electron chi connectivity index (χ3n) is 4.47. The molecule has 0 aromatic heterocycles. The van der Waals surface area contributed by atoms with E-state index in [1.165, 1.54) is 20.3 Å². The van der Waals surface area contributed by atoms with E-state index in [4.69, 9.17) is 49.0 Å². The summed E-state index contributed by atoms with van der Waals surface area (Å²) >= 11 is 18.4. The standard InChI is InChI=1S/C24H20Cl3NO4/c1-30-21-10-8-16(25)13-20(21)28-24(29)11-7-15-6-9-22(23(12-15)31-2)32-14-17-18(26)4-3-5-19(17)27/h3-13H,14H2,1-2H3,(H,28,29)/b11-7+. The maximum Gasteiger partial charge on any atom is 0.248 e. The lowest BCUT2D eigenvalue weighted by atomic mass is 10.2. The van der Waals surface area contributed by atoms with Gasteiger partial charge in [-0.1, -0.05) is 46.9 Å². The average Bonchev–Trinajstić information content (AvgIpc) is 2.78. The van der Waals surface area contributed by atoms with Gasteiger partial charge in [-0.05, 0) is 54.1 Å². The molecule has 0 heterocycles. The Morgan fingerprint density at radius 1 is 0.906 bits per heavy atom. The predicted molar refractivity (Wildman–Crippen MR) is 129 cm³/mol. The zero-order valence-corrected chi connectivity index (χ0v) is 19.6. The second kappa shape index (κ2) is 11.1. The van der Waals surface area contributed by atoms with Gasteiger partial charge in [0.25, 0.3) is 0 Å². The first-order valence-corrected chi connectivity index (χ1v) is 10.6. The summed E-state index contributed by atoms with van der Waals surface area (Å²) in [5, 5.41) is 4.29.